The van der Waals surface area contributed by atoms with Crippen molar-refractivity contribution < 1.29 is 23.1 Å². The van der Waals surface area contributed by atoms with Crippen molar-refractivity contribution in [2.24, 2.45) is 0 Å². The summed E-state index contributed by atoms with van der Waals surface area (Å²) in [5.74, 6) is -0.0298. The molecule has 7 nitrogen and oxygen atoms in total. The number of furan rings is 1. The maximum atomic E-state index is 13.3. The molecule has 0 spiro atoms. The third kappa shape index (κ3) is 7.44. The molecule has 0 fully saturated rings. The summed E-state index contributed by atoms with van der Waals surface area (Å²) in [5, 5.41) is 2.82. The molecular formula is C24H25BrFN3O4. The summed E-state index contributed by atoms with van der Waals surface area (Å²) in [6.07, 6.45) is 1.53. The molecular weight excluding hydrogens is 493 g/mol. The highest BCUT2D eigenvalue weighted by atomic mass is 79.9. The summed E-state index contributed by atoms with van der Waals surface area (Å²) in [4.78, 5) is 29.2. The minimum Gasteiger partial charge on any atom is -0.467 e. The molecule has 0 aliphatic heterocycles. The maximum absolute atomic E-state index is 13.3. The summed E-state index contributed by atoms with van der Waals surface area (Å²) >= 11 is 3.41. The van der Waals surface area contributed by atoms with Gasteiger partial charge in [0.05, 0.1) is 25.1 Å². The number of para-hydroxylation sites is 1. The first-order chi connectivity index (χ1) is 16.0. The predicted octanol–water partition coefficient (Wildman–Crippen LogP) is 4.89. The molecule has 0 atom stereocenters. The Morgan fingerprint density at radius 2 is 1.79 bits per heavy atom. The van der Waals surface area contributed by atoms with Gasteiger partial charge in [-0.15, -0.1) is 0 Å². The van der Waals surface area contributed by atoms with Gasteiger partial charge in [0.2, 0.25) is 5.91 Å². The van der Waals surface area contributed by atoms with E-state index in [1.165, 1.54) is 30.4 Å². The topological polar surface area (TPSA) is 75.0 Å². The van der Waals surface area contributed by atoms with Crippen molar-refractivity contribution in [3.8, 4) is 0 Å². The van der Waals surface area contributed by atoms with Crippen LogP contribution in [0.3, 0.4) is 0 Å². The Hall–Kier alpha value is -3.17. The van der Waals surface area contributed by atoms with E-state index in [1.54, 1.807) is 41.3 Å². The van der Waals surface area contributed by atoms with Gasteiger partial charge >= 0.3 is 6.03 Å². The number of halogens is 2. The van der Waals surface area contributed by atoms with Gasteiger partial charge in [-0.2, -0.15) is 0 Å². The third-order valence-electron chi connectivity index (χ3n) is 4.86. The van der Waals surface area contributed by atoms with E-state index in [-0.39, 0.29) is 44.5 Å². The first-order valence-corrected chi connectivity index (χ1v) is 11.1. The van der Waals surface area contributed by atoms with Gasteiger partial charge < -0.3 is 24.3 Å². The van der Waals surface area contributed by atoms with Gasteiger partial charge in [0.15, 0.2) is 0 Å². The number of amides is 3. The number of rotatable bonds is 10. The Kier molecular flexibility index (Phi) is 9.03. The van der Waals surface area contributed by atoms with Crippen LogP contribution in [0.2, 0.25) is 0 Å². The van der Waals surface area contributed by atoms with Gasteiger partial charge in [-0.25, -0.2) is 9.18 Å². The number of methoxy groups -OCH3 is 1. The monoisotopic (exact) mass is 517 g/mol. The molecule has 2 aromatic carbocycles. The van der Waals surface area contributed by atoms with Crippen molar-refractivity contribution >= 4 is 33.6 Å². The summed E-state index contributed by atoms with van der Waals surface area (Å²) < 4.78 is 24.6. The number of hydrogen-bond donors (Lipinski definition) is 1. The van der Waals surface area contributed by atoms with E-state index < -0.39 is 6.03 Å². The fourth-order valence-corrected chi connectivity index (χ4v) is 3.49. The van der Waals surface area contributed by atoms with Crippen LogP contribution in [0.25, 0.3) is 0 Å². The highest BCUT2D eigenvalue weighted by Crippen LogP contribution is 2.21. The van der Waals surface area contributed by atoms with Crippen molar-refractivity contribution in [3.63, 3.8) is 0 Å². The van der Waals surface area contributed by atoms with Crippen LogP contribution in [0, 0.1) is 5.82 Å². The van der Waals surface area contributed by atoms with Crippen molar-refractivity contribution in [1.82, 2.24) is 9.80 Å². The first kappa shape index (κ1) is 24.5. The van der Waals surface area contributed by atoms with Crippen LogP contribution in [0.15, 0.2) is 75.8 Å². The van der Waals surface area contributed by atoms with Crippen molar-refractivity contribution in [2.45, 2.75) is 13.1 Å². The summed E-state index contributed by atoms with van der Waals surface area (Å²) in [6.45, 7) is 0.787. The second-order valence-electron chi connectivity index (χ2n) is 7.28. The van der Waals surface area contributed by atoms with E-state index in [9.17, 15) is 14.0 Å². The highest BCUT2D eigenvalue weighted by Gasteiger charge is 2.23. The zero-order chi connectivity index (χ0) is 23.6. The number of urea groups is 1. The number of nitrogens with one attached hydrogen (secondary N) is 1. The molecule has 3 amide bonds. The Bertz CT molecular complexity index is 1040. The molecule has 1 heterocycles. The number of benzene rings is 2. The third-order valence-corrected chi connectivity index (χ3v) is 5.55. The molecule has 0 saturated heterocycles. The molecule has 9 heteroatoms. The minimum atomic E-state index is -0.424. The Morgan fingerprint density at radius 3 is 2.45 bits per heavy atom. The number of carbonyl (C=O) groups excluding carboxylic acids is 2. The van der Waals surface area contributed by atoms with E-state index in [0.717, 1.165) is 10.0 Å². The van der Waals surface area contributed by atoms with Gasteiger partial charge in [0.25, 0.3) is 0 Å². The molecule has 0 radical (unpaired) electrons. The van der Waals surface area contributed by atoms with Crippen molar-refractivity contribution in [2.75, 3.05) is 32.1 Å². The van der Waals surface area contributed by atoms with Crippen LogP contribution in [0.1, 0.15) is 11.3 Å². The Morgan fingerprint density at radius 1 is 1.03 bits per heavy atom. The summed E-state index contributed by atoms with van der Waals surface area (Å²) in [7, 11) is 1.53. The van der Waals surface area contributed by atoms with Gasteiger partial charge in [0.1, 0.15) is 18.1 Å². The van der Waals surface area contributed by atoms with E-state index in [0.29, 0.717) is 11.4 Å². The lowest BCUT2D eigenvalue weighted by molar-refractivity contribution is -0.133. The zero-order valence-corrected chi connectivity index (χ0v) is 19.8. The summed E-state index contributed by atoms with van der Waals surface area (Å²) in [5.41, 5.74) is 1.36. The molecule has 0 bridgehead atoms. The molecule has 3 aromatic rings. The van der Waals surface area contributed by atoms with Gasteiger partial charge in [0, 0.05) is 24.7 Å². The van der Waals surface area contributed by atoms with Gasteiger partial charge in [-0.05, 0) is 57.9 Å². The van der Waals surface area contributed by atoms with Crippen LogP contribution in [-0.2, 0) is 22.6 Å². The van der Waals surface area contributed by atoms with Crippen LogP contribution < -0.4 is 5.32 Å². The number of carbonyl (C=O) groups is 2. The molecule has 0 aliphatic rings. The highest BCUT2D eigenvalue weighted by molar-refractivity contribution is 9.10. The molecule has 0 saturated carbocycles. The van der Waals surface area contributed by atoms with Crippen molar-refractivity contribution in [3.05, 3.63) is 88.5 Å². The lowest BCUT2D eigenvalue weighted by Gasteiger charge is -2.27. The molecule has 3 rings (SSSR count). The SMILES string of the molecule is COCCN(CC(=O)N(Cc1ccc(F)cc1)Cc1ccco1)C(=O)Nc1ccccc1Br. The van der Waals surface area contributed by atoms with E-state index >= 15 is 0 Å². The standard InChI is InChI=1S/C24H25BrFN3O4/c1-32-14-12-28(24(31)27-22-7-3-2-6-21(22)25)17-23(30)29(16-20-5-4-13-33-20)15-18-8-10-19(26)11-9-18/h2-11,13H,12,14-17H2,1H3,(H,27,31). The largest absolute Gasteiger partial charge is 0.467 e. The second-order valence-corrected chi connectivity index (χ2v) is 8.13. The predicted molar refractivity (Wildman–Crippen MR) is 126 cm³/mol. The molecule has 174 valence electrons. The average Bonchev–Trinajstić information content (AvgIpc) is 3.32. The minimum absolute atomic E-state index is 0.165. The number of ether oxygens (including phenoxy) is 1. The van der Waals surface area contributed by atoms with Crippen LogP contribution in [0.4, 0.5) is 14.9 Å². The molecule has 1 aromatic heterocycles. The quantitative estimate of drug-likeness (QED) is 0.415. The normalized spacial score (nSPS) is 10.6. The second kappa shape index (κ2) is 12.2. The zero-order valence-electron chi connectivity index (χ0n) is 18.2. The van der Waals surface area contributed by atoms with Gasteiger partial charge in [-0.1, -0.05) is 24.3 Å². The molecule has 1 N–H and O–H groups in total. The number of anilines is 1. The van der Waals surface area contributed by atoms with Gasteiger partial charge in [-0.3, -0.25) is 4.79 Å². The molecule has 0 unspecified atom stereocenters. The Balaban J connectivity index is 1.75. The first-order valence-electron chi connectivity index (χ1n) is 10.3. The van der Waals surface area contributed by atoms with E-state index in [4.69, 9.17) is 9.15 Å². The molecule has 0 aliphatic carbocycles. The van der Waals surface area contributed by atoms with Crippen LogP contribution >= 0.6 is 15.9 Å². The maximum Gasteiger partial charge on any atom is 0.322 e. The average molecular weight is 518 g/mol. The fraction of sp³-hybridized carbons (Fsp3) is 0.250. The van der Waals surface area contributed by atoms with Crippen LogP contribution in [0.5, 0.6) is 0 Å². The van der Waals surface area contributed by atoms with Crippen LogP contribution in [-0.4, -0.2) is 48.5 Å². The molecule has 33 heavy (non-hydrogen) atoms. The number of hydrogen-bond acceptors (Lipinski definition) is 4. The fourth-order valence-electron chi connectivity index (χ4n) is 3.11. The van der Waals surface area contributed by atoms with Crippen molar-refractivity contribution in [1.29, 1.82) is 0 Å². The van der Waals surface area contributed by atoms with E-state index in [2.05, 4.69) is 21.2 Å². The summed E-state index contributed by atoms with van der Waals surface area (Å²) in [6, 6.07) is 16.3. The Labute approximate surface area is 200 Å². The lowest BCUT2D eigenvalue weighted by atomic mass is 10.2. The van der Waals surface area contributed by atoms with E-state index in [1.807, 2.05) is 12.1 Å². The smallest absolute Gasteiger partial charge is 0.322 e. The number of nitrogens with zero attached hydrogens (tertiary/aromatic N) is 2. The lowest BCUT2D eigenvalue weighted by Crippen LogP contribution is -2.45.